The number of aromatic nitrogens is 2. The van der Waals surface area contributed by atoms with Gasteiger partial charge in [0.1, 0.15) is 0 Å². The van der Waals surface area contributed by atoms with Crippen molar-refractivity contribution in [1.29, 1.82) is 0 Å². The molecule has 6 rings (SSSR count). The first-order chi connectivity index (χ1) is 13.2. The molecule has 2 aromatic rings. The van der Waals surface area contributed by atoms with Gasteiger partial charge in [-0.15, -0.1) is 10.2 Å². The van der Waals surface area contributed by atoms with Gasteiger partial charge in [-0.1, -0.05) is 23.9 Å². The van der Waals surface area contributed by atoms with E-state index in [1.807, 2.05) is 24.3 Å². The Morgan fingerprint density at radius 1 is 1.11 bits per heavy atom. The smallest absolute Gasteiger partial charge is 0.277 e. The third-order valence-electron chi connectivity index (χ3n) is 6.39. The van der Waals surface area contributed by atoms with Crippen LogP contribution in [-0.2, 0) is 4.79 Å². The van der Waals surface area contributed by atoms with Crippen molar-refractivity contribution in [3.05, 3.63) is 28.7 Å². The molecule has 0 aliphatic heterocycles. The molecule has 4 aliphatic carbocycles. The maximum atomic E-state index is 12.5. The van der Waals surface area contributed by atoms with Gasteiger partial charge in [0, 0.05) is 10.5 Å². The number of nitrogens with zero attached hydrogens (tertiary/aromatic N) is 2. The van der Waals surface area contributed by atoms with Crippen molar-refractivity contribution in [3.8, 4) is 11.5 Å². The van der Waals surface area contributed by atoms with Gasteiger partial charge in [-0.2, -0.15) is 0 Å². The van der Waals surface area contributed by atoms with Gasteiger partial charge < -0.3 is 9.73 Å². The lowest BCUT2D eigenvalue weighted by molar-refractivity contribution is -0.122. The summed E-state index contributed by atoms with van der Waals surface area (Å²) < 4.78 is 6.62. The zero-order valence-electron chi connectivity index (χ0n) is 14.9. The van der Waals surface area contributed by atoms with Crippen molar-refractivity contribution < 1.29 is 9.21 Å². The van der Waals surface area contributed by atoms with E-state index in [4.69, 9.17) is 4.42 Å². The van der Waals surface area contributed by atoms with Crippen LogP contribution in [0, 0.1) is 23.7 Å². The monoisotopic (exact) mass is 447 g/mol. The minimum absolute atomic E-state index is 0.0816. The minimum Gasteiger partial charge on any atom is -0.411 e. The van der Waals surface area contributed by atoms with Gasteiger partial charge in [-0.05, 0) is 83.8 Å². The molecule has 0 unspecified atom stereocenters. The lowest BCUT2D eigenvalue weighted by Crippen LogP contribution is -2.56. The molecule has 0 spiro atoms. The molecule has 1 aromatic carbocycles. The summed E-state index contributed by atoms with van der Waals surface area (Å²) in [6.45, 7) is 0. The van der Waals surface area contributed by atoms with Gasteiger partial charge in [0.25, 0.3) is 5.22 Å². The number of hydrogen-bond donors (Lipinski definition) is 1. The fourth-order valence-corrected chi connectivity index (χ4v) is 6.56. The van der Waals surface area contributed by atoms with Crippen molar-refractivity contribution >= 4 is 33.6 Å². The molecule has 1 amide bonds. The van der Waals surface area contributed by atoms with Crippen LogP contribution in [0.15, 0.2) is 38.4 Å². The van der Waals surface area contributed by atoms with Gasteiger partial charge >= 0.3 is 0 Å². The Labute approximate surface area is 171 Å². The Hall–Kier alpha value is -1.34. The molecule has 7 heteroatoms. The van der Waals surface area contributed by atoms with Crippen LogP contribution < -0.4 is 5.32 Å². The van der Waals surface area contributed by atoms with Gasteiger partial charge in [-0.25, -0.2) is 0 Å². The standard InChI is InChI=1S/C20H22BrN3O2S/c21-16-4-2-1-3-15(16)19-23-24-20(26-19)27-10-17(25)22-18-13-6-11-5-12(8-13)9-14(18)7-11/h1-4,11-14,18H,5-10H2,(H,22,25). The van der Waals surface area contributed by atoms with Crippen LogP contribution >= 0.6 is 27.7 Å². The van der Waals surface area contributed by atoms with Crippen LogP contribution in [0.4, 0.5) is 0 Å². The second-order valence-electron chi connectivity index (χ2n) is 8.17. The Morgan fingerprint density at radius 3 is 2.52 bits per heavy atom. The zero-order chi connectivity index (χ0) is 18.4. The lowest BCUT2D eigenvalue weighted by Gasteiger charge is -2.54. The first-order valence-electron chi connectivity index (χ1n) is 9.66. The van der Waals surface area contributed by atoms with E-state index in [-0.39, 0.29) is 5.91 Å². The van der Waals surface area contributed by atoms with E-state index in [9.17, 15) is 4.79 Å². The van der Waals surface area contributed by atoms with Crippen LogP contribution in [0.5, 0.6) is 0 Å². The van der Waals surface area contributed by atoms with Gasteiger partial charge in [-0.3, -0.25) is 4.79 Å². The summed E-state index contributed by atoms with van der Waals surface area (Å²) in [5, 5.41) is 11.9. The van der Waals surface area contributed by atoms with Crippen molar-refractivity contribution in [2.75, 3.05) is 5.75 Å². The number of carbonyl (C=O) groups excluding carboxylic acids is 1. The molecule has 1 heterocycles. The molecule has 1 N–H and O–H groups in total. The SMILES string of the molecule is O=C(CSc1nnc(-c2ccccc2Br)o1)NC1C2CC3CC(C2)CC1C3. The number of nitrogens with one attached hydrogen (secondary N) is 1. The van der Waals surface area contributed by atoms with E-state index < -0.39 is 0 Å². The second kappa shape index (κ2) is 7.24. The predicted octanol–water partition coefficient (Wildman–Crippen LogP) is 4.53. The molecule has 0 atom stereocenters. The Bertz CT molecular complexity index is 827. The molecule has 4 bridgehead atoms. The van der Waals surface area contributed by atoms with Crippen LogP contribution in [0.3, 0.4) is 0 Å². The quantitative estimate of drug-likeness (QED) is 0.681. The number of halogens is 1. The molecule has 27 heavy (non-hydrogen) atoms. The van der Waals surface area contributed by atoms with E-state index in [2.05, 4.69) is 31.4 Å². The predicted molar refractivity (Wildman–Crippen MR) is 107 cm³/mol. The van der Waals surface area contributed by atoms with E-state index in [1.165, 1.54) is 43.9 Å². The highest BCUT2D eigenvalue weighted by Crippen LogP contribution is 2.53. The third kappa shape index (κ3) is 3.56. The molecule has 142 valence electrons. The summed E-state index contributed by atoms with van der Waals surface area (Å²) >= 11 is 4.80. The second-order valence-corrected chi connectivity index (χ2v) is 9.95. The van der Waals surface area contributed by atoms with E-state index >= 15 is 0 Å². The number of benzene rings is 1. The van der Waals surface area contributed by atoms with Gasteiger partial charge in [0.2, 0.25) is 11.8 Å². The minimum atomic E-state index is 0.0816. The Balaban J connectivity index is 1.18. The molecule has 4 aliphatic rings. The normalized spacial score (nSPS) is 31.2. The van der Waals surface area contributed by atoms with Gasteiger partial charge in [0.05, 0.1) is 11.3 Å². The average Bonchev–Trinajstić information content (AvgIpc) is 3.11. The molecule has 4 fully saturated rings. The average molecular weight is 448 g/mol. The van der Waals surface area contributed by atoms with E-state index in [1.54, 1.807) is 0 Å². The fourth-order valence-electron chi connectivity index (χ4n) is 5.53. The largest absolute Gasteiger partial charge is 0.411 e. The summed E-state index contributed by atoms with van der Waals surface area (Å²) in [5.74, 6) is 4.10. The Morgan fingerprint density at radius 2 is 1.81 bits per heavy atom. The van der Waals surface area contributed by atoms with Crippen LogP contribution in [-0.4, -0.2) is 27.9 Å². The molecule has 4 saturated carbocycles. The highest BCUT2D eigenvalue weighted by atomic mass is 79.9. The highest BCUT2D eigenvalue weighted by molar-refractivity contribution is 9.10. The molecular formula is C20H22BrN3O2S. The van der Waals surface area contributed by atoms with E-state index in [0.717, 1.165) is 21.9 Å². The number of thioether (sulfide) groups is 1. The zero-order valence-corrected chi connectivity index (χ0v) is 17.3. The summed E-state index contributed by atoms with van der Waals surface area (Å²) in [6, 6.07) is 8.10. The first-order valence-corrected chi connectivity index (χ1v) is 11.4. The number of carbonyl (C=O) groups is 1. The number of amides is 1. The first kappa shape index (κ1) is 17.7. The molecule has 0 saturated heterocycles. The van der Waals surface area contributed by atoms with Gasteiger partial charge in [0.15, 0.2) is 0 Å². The maximum absolute atomic E-state index is 12.5. The molecule has 1 aromatic heterocycles. The lowest BCUT2D eigenvalue weighted by atomic mass is 9.54. The van der Waals surface area contributed by atoms with Crippen molar-refractivity contribution in [3.63, 3.8) is 0 Å². The maximum Gasteiger partial charge on any atom is 0.277 e. The highest BCUT2D eigenvalue weighted by Gasteiger charge is 2.48. The molecule has 0 radical (unpaired) electrons. The van der Waals surface area contributed by atoms with Crippen LogP contribution in [0.25, 0.3) is 11.5 Å². The molecular weight excluding hydrogens is 426 g/mol. The number of hydrogen-bond acceptors (Lipinski definition) is 5. The molecule has 5 nitrogen and oxygen atoms in total. The summed E-state index contributed by atoms with van der Waals surface area (Å²) in [7, 11) is 0. The van der Waals surface area contributed by atoms with Crippen molar-refractivity contribution in [1.82, 2.24) is 15.5 Å². The van der Waals surface area contributed by atoms with Crippen molar-refractivity contribution in [2.45, 2.75) is 43.4 Å². The number of rotatable bonds is 5. The summed E-state index contributed by atoms with van der Waals surface area (Å²) in [6.07, 6.45) is 6.67. The van der Waals surface area contributed by atoms with Crippen LogP contribution in [0.1, 0.15) is 32.1 Å². The Kier molecular flexibility index (Phi) is 4.76. The summed E-state index contributed by atoms with van der Waals surface area (Å²) in [5.41, 5.74) is 0.856. The fraction of sp³-hybridized carbons (Fsp3) is 0.550. The topological polar surface area (TPSA) is 68.0 Å². The van der Waals surface area contributed by atoms with Crippen LogP contribution in [0.2, 0.25) is 0 Å². The van der Waals surface area contributed by atoms with Crippen molar-refractivity contribution in [2.24, 2.45) is 23.7 Å². The van der Waals surface area contributed by atoms with E-state index in [0.29, 0.717) is 34.7 Å². The summed E-state index contributed by atoms with van der Waals surface area (Å²) in [4.78, 5) is 12.5. The third-order valence-corrected chi connectivity index (χ3v) is 7.90.